The molecule has 120 valence electrons. The molecule has 0 radical (unpaired) electrons. The smallest absolute Gasteiger partial charge is 0.0468 e. The Bertz CT molecular complexity index is 268. The van der Waals surface area contributed by atoms with Crippen LogP contribution in [-0.2, 0) is 4.74 Å². The number of unbranched alkanes of at least 4 members (excludes halogenated alkanes) is 2. The van der Waals surface area contributed by atoms with Crippen molar-refractivity contribution in [2.24, 2.45) is 23.2 Å². The van der Waals surface area contributed by atoms with Crippen LogP contribution >= 0.6 is 12.4 Å². The predicted octanol–water partition coefficient (Wildman–Crippen LogP) is 4.28. The molecule has 0 aromatic rings. The Balaban J connectivity index is 0.00000200. The van der Waals surface area contributed by atoms with Gasteiger partial charge in [0.15, 0.2) is 0 Å². The van der Waals surface area contributed by atoms with E-state index in [9.17, 15) is 0 Å². The molecule has 0 spiro atoms. The lowest BCUT2D eigenvalue weighted by molar-refractivity contribution is -0.111. The Kier molecular flexibility index (Phi) is 7.86. The first kappa shape index (κ1) is 18.3. The van der Waals surface area contributed by atoms with Gasteiger partial charge in [0.25, 0.3) is 0 Å². The van der Waals surface area contributed by atoms with E-state index < -0.39 is 0 Å². The second kappa shape index (κ2) is 8.60. The zero-order chi connectivity index (χ0) is 13.7. The lowest BCUT2D eigenvalue weighted by atomic mass is 9.45. The summed E-state index contributed by atoms with van der Waals surface area (Å²) in [6, 6.07) is 0. The third kappa shape index (κ3) is 4.35. The van der Waals surface area contributed by atoms with Crippen LogP contribution in [-0.4, -0.2) is 26.8 Å². The minimum absolute atomic E-state index is 0. The van der Waals surface area contributed by atoms with E-state index in [1.54, 1.807) is 0 Å². The number of halogens is 1. The van der Waals surface area contributed by atoms with Gasteiger partial charge < -0.3 is 10.1 Å². The molecule has 1 N–H and O–H groups in total. The van der Waals surface area contributed by atoms with E-state index in [0.717, 1.165) is 37.5 Å². The summed E-state index contributed by atoms with van der Waals surface area (Å²) in [6.07, 6.45) is 9.53. The van der Waals surface area contributed by atoms with Gasteiger partial charge in [-0.25, -0.2) is 0 Å². The summed E-state index contributed by atoms with van der Waals surface area (Å²) in [5.74, 6) is 2.97. The van der Waals surface area contributed by atoms with Crippen molar-refractivity contribution >= 4 is 12.4 Å². The summed E-state index contributed by atoms with van der Waals surface area (Å²) in [5, 5.41) is 3.19. The van der Waals surface area contributed by atoms with Crippen molar-refractivity contribution in [3.8, 4) is 0 Å². The van der Waals surface area contributed by atoms with Gasteiger partial charge in [0, 0.05) is 13.2 Å². The highest BCUT2D eigenvalue weighted by molar-refractivity contribution is 5.85. The van der Waals surface area contributed by atoms with Gasteiger partial charge in [0.1, 0.15) is 0 Å². The third-order valence-electron chi connectivity index (χ3n) is 5.85. The van der Waals surface area contributed by atoms with Gasteiger partial charge in [0.05, 0.1) is 0 Å². The molecule has 3 saturated carbocycles. The standard InChI is InChI=1S/C17H33NO.ClH/c1-17(2)15-8-7-14(16(17)13-15)9-12-19-11-6-4-5-10-18-3;/h14-16,18H,4-13H2,1-3H3;1H/t14-,15-,16+;/m0./s1. The molecule has 3 atom stereocenters. The largest absolute Gasteiger partial charge is 0.381 e. The maximum absolute atomic E-state index is 5.83. The summed E-state index contributed by atoms with van der Waals surface area (Å²) in [7, 11) is 2.02. The Morgan fingerprint density at radius 3 is 2.55 bits per heavy atom. The lowest BCUT2D eigenvalue weighted by Crippen LogP contribution is -2.52. The molecular formula is C17H34ClNO. The van der Waals surface area contributed by atoms with Crippen LogP contribution in [0.15, 0.2) is 0 Å². The average Bonchev–Trinajstić information content (AvgIpc) is 2.41. The second-order valence-electron chi connectivity index (χ2n) is 7.26. The number of nitrogens with one attached hydrogen (secondary N) is 1. The molecular weight excluding hydrogens is 270 g/mol. The molecule has 2 nitrogen and oxygen atoms in total. The Labute approximate surface area is 131 Å². The predicted molar refractivity (Wildman–Crippen MR) is 88.6 cm³/mol. The number of ether oxygens (including phenoxy) is 1. The van der Waals surface area contributed by atoms with Crippen LogP contribution in [0.2, 0.25) is 0 Å². The summed E-state index contributed by atoms with van der Waals surface area (Å²) < 4.78 is 5.83. The van der Waals surface area contributed by atoms with Gasteiger partial charge in [-0.15, -0.1) is 12.4 Å². The highest BCUT2D eigenvalue weighted by atomic mass is 35.5. The Morgan fingerprint density at radius 1 is 1.10 bits per heavy atom. The second-order valence-corrected chi connectivity index (χ2v) is 7.26. The van der Waals surface area contributed by atoms with E-state index in [0.29, 0.717) is 5.41 Å². The van der Waals surface area contributed by atoms with Gasteiger partial charge in [-0.1, -0.05) is 13.8 Å². The SMILES string of the molecule is CNCCCCCOCC[C@@H]1CC[C@H]2C[C@H]1C2(C)C.Cl. The summed E-state index contributed by atoms with van der Waals surface area (Å²) in [6.45, 7) is 8.07. The van der Waals surface area contributed by atoms with Gasteiger partial charge in [-0.3, -0.25) is 0 Å². The topological polar surface area (TPSA) is 21.3 Å². The molecule has 2 bridgehead atoms. The summed E-state index contributed by atoms with van der Waals surface area (Å²) in [5.41, 5.74) is 0.635. The van der Waals surface area contributed by atoms with Crippen LogP contribution in [0.25, 0.3) is 0 Å². The van der Waals surface area contributed by atoms with Crippen molar-refractivity contribution in [3.05, 3.63) is 0 Å². The van der Waals surface area contributed by atoms with Crippen LogP contribution in [0.4, 0.5) is 0 Å². The fourth-order valence-electron chi connectivity index (χ4n) is 4.33. The van der Waals surface area contributed by atoms with Crippen molar-refractivity contribution in [2.45, 2.75) is 58.8 Å². The fourth-order valence-corrected chi connectivity index (χ4v) is 4.33. The molecule has 0 aromatic carbocycles. The minimum atomic E-state index is 0. The summed E-state index contributed by atoms with van der Waals surface area (Å²) >= 11 is 0. The molecule has 0 saturated heterocycles. The zero-order valence-corrected chi connectivity index (χ0v) is 14.4. The van der Waals surface area contributed by atoms with Crippen LogP contribution in [0.5, 0.6) is 0 Å². The van der Waals surface area contributed by atoms with Gasteiger partial charge >= 0.3 is 0 Å². The molecule has 3 heteroatoms. The maximum Gasteiger partial charge on any atom is 0.0468 e. The molecule has 3 aliphatic carbocycles. The molecule has 0 unspecified atom stereocenters. The van der Waals surface area contributed by atoms with Gasteiger partial charge in [-0.2, -0.15) is 0 Å². The minimum Gasteiger partial charge on any atom is -0.381 e. The molecule has 0 aromatic heterocycles. The van der Waals surface area contributed by atoms with Crippen molar-refractivity contribution < 1.29 is 4.74 Å². The number of hydrogen-bond donors (Lipinski definition) is 1. The van der Waals surface area contributed by atoms with E-state index in [1.165, 1.54) is 44.9 Å². The molecule has 3 rings (SSSR count). The molecule has 0 heterocycles. The van der Waals surface area contributed by atoms with Crippen molar-refractivity contribution in [1.82, 2.24) is 5.32 Å². The van der Waals surface area contributed by atoms with Crippen LogP contribution in [0, 0.1) is 23.2 Å². The third-order valence-corrected chi connectivity index (χ3v) is 5.85. The van der Waals surface area contributed by atoms with E-state index in [2.05, 4.69) is 19.2 Å². The Morgan fingerprint density at radius 2 is 1.90 bits per heavy atom. The Hall–Kier alpha value is 0.210. The molecule has 20 heavy (non-hydrogen) atoms. The average molecular weight is 304 g/mol. The highest BCUT2D eigenvalue weighted by Crippen LogP contribution is 2.61. The van der Waals surface area contributed by atoms with E-state index >= 15 is 0 Å². The van der Waals surface area contributed by atoms with Gasteiger partial charge in [-0.05, 0) is 81.7 Å². The first-order valence-electron chi connectivity index (χ1n) is 8.38. The fraction of sp³-hybridized carbons (Fsp3) is 1.00. The van der Waals surface area contributed by atoms with E-state index in [1.807, 2.05) is 7.05 Å². The number of fused-ring (bicyclic) bond motifs is 2. The monoisotopic (exact) mass is 303 g/mol. The van der Waals surface area contributed by atoms with Crippen LogP contribution in [0.3, 0.4) is 0 Å². The maximum atomic E-state index is 5.83. The highest BCUT2D eigenvalue weighted by Gasteiger charge is 2.53. The van der Waals surface area contributed by atoms with Crippen LogP contribution < -0.4 is 5.32 Å². The molecule has 3 aliphatic rings. The lowest BCUT2D eigenvalue weighted by Gasteiger charge is -2.60. The van der Waals surface area contributed by atoms with E-state index in [4.69, 9.17) is 4.74 Å². The quantitative estimate of drug-likeness (QED) is 0.642. The van der Waals surface area contributed by atoms with Crippen molar-refractivity contribution in [3.63, 3.8) is 0 Å². The van der Waals surface area contributed by atoms with Crippen LogP contribution in [0.1, 0.15) is 58.8 Å². The first-order chi connectivity index (χ1) is 9.16. The first-order valence-corrected chi connectivity index (χ1v) is 8.38. The normalized spacial score (nSPS) is 30.4. The molecule has 0 amide bonds. The summed E-state index contributed by atoms with van der Waals surface area (Å²) in [4.78, 5) is 0. The molecule has 0 aliphatic heterocycles. The van der Waals surface area contributed by atoms with Crippen molar-refractivity contribution in [2.75, 3.05) is 26.8 Å². The van der Waals surface area contributed by atoms with E-state index in [-0.39, 0.29) is 12.4 Å². The van der Waals surface area contributed by atoms with Crippen molar-refractivity contribution in [1.29, 1.82) is 0 Å². The molecule has 3 fully saturated rings. The number of hydrogen-bond acceptors (Lipinski definition) is 2. The van der Waals surface area contributed by atoms with Gasteiger partial charge in [0.2, 0.25) is 0 Å². The zero-order valence-electron chi connectivity index (χ0n) is 13.6. The number of rotatable bonds is 9.